The zero-order valence-electron chi connectivity index (χ0n) is 8.92. The van der Waals surface area contributed by atoms with Crippen LogP contribution in [0, 0.1) is 0 Å². The summed E-state index contributed by atoms with van der Waals surface area (Å²) in [6.45, 7) is 4.75. The van der Waals surface area contributed by atoms with Gasteiger partial charge in [0.25, 0.3) is 0 Å². The van der Waals surface area contributed by atoms with Crippen LogP contribution in [0.3, 0.4) is 0 Å². The Bertz CT molecular complexity index is 317. The molecular weight excluding hydrogens is 210 g/mol. The predicted octanol–water partition coefficient (Wildman–Crippen LogP) is 2.57. The fraction of sp³-hybridized carbons (Fsp3) is 0.500. The molecule has 1 unspecified atom stereocenters. The van der Waals surface area contributed by atoms with Crippen LogP contribution in [-0.2, 0) is 10.3 Å². The molecule has 0 amide bonds. The largest absolute Gasteiger partial charge is 0.368 e. The zero-order chi connectivity index (χ0) is 10.7. The van der Waals surface area contributed by atoms with E-state index in [0.29, 0.717) is 0 Å². The van der Waals surface area contributed by atoms with Crippen molar-refractivity contribution in [3.05, 3.63) is 34.9 Å². The average Bonchev–Trinajstić information content (AvgIpc) is 2.31. The van der Waals surface area contributed by atoms with E-state index in [4.69, 9.17) is 16.3 Å². The Kier molecular flexibility index (Phi) is 3.29. The van der Waals surface area contributed by atoms with Gasteiger partial charge in [-0.3, -0.25) is 0 Å². The van der Waals surface area contributed by atoms with E-state index in [0.717, 1.165) is 31.1 Å². The number of nitrogens with one attached hydrogen (secondary N) is 1. The lowest BCUT2D eigenvalue weighted by molar-refractivity contribution is -0.0737. The van der Waals surface area contributed by atoms with Gasteiger partial charge in [0.05, 0.1) is 6.61 Å². The first-order valence-corrected chi connectivity index (χ1v) is 5.75. The highest BCUT2D eigenvalue weighted by Gasteiger charge is 2.33. The monoisotopic (exact) mass is 225 g/mol. The van der Waals surface area contributed by atoms with Crippen LogP contribution in [0.15, 0.2) is 24.3 Å². The number of rotatable bonds is 2. The van der Waals surface area contributed by atoms with E-state index in [1.807, 2.05) is 12.1 Å². The quantitative estimate of drug-likeness (QED) is 0.836. The van der Waals surface area contributed by atoms with Crippen molar-refractivity contribution < 1.29 is 4.74 Å². The highest BCUT2D eigenvalue weighted by atomic mass is 35.5. The van der Waals surface area contributed by atoms with Crippen LogP contribution < -0.4 is 5.32 Å². The molecule has 3 heteroatoms. The van der Waals surface area contributed by atoms with Crippen molar-refractivity contribution in [2.75, 3.05) is 19.7 Å². The minimum Gasteiger partial charge on any atom is -0.368 e. The van der Waals surface area contributed by atoms with Crippen molar-refractivity contribution in [1.82, 2.24) is 5.32 Å². The fourth-order valence-corrected chi connectivity index (χ4v) is 2.16. The van der Waals surface area contributed by atoms with Crippen LogP contribution in [0.5, 0.6) is 0 Å². The normalized spacial score (nSPS) is 26.5. The third kappa shape index (κ3) is 2.17. The maximum absolute atomic E-state index is 5.94. The lowest BCUT2D eigenvalue weighted by Crippen LogP contribution is -2.47. The predicted molar refractivity (Wildman–Crippen MR) is 62.2 cm³/mol. The standard InChI is InChI=1S/C12H16ClNO/c1-2-12(9-14-7-8-15-12)10-3-5-11(13)6-4-10/h3-6,14H,2,7-9H2,1H3. The Morgan fingerprint density at radius 1 is 1.40 bits per heavy atom. The first-order valence-electron chi connectivity index (χ1n) is 5.37. The summed E-state index contributed by atoms with van der Waals surface area (Å²) in [5.41, 5.74) is 1.05. The van der Waals surface area contributed by atoms with Gasteiger partial charge in [-0.15, -0.1) is 0 Å². The summed E-state index contributed by atoms with van der Waals surface area (Å²) in [6, 6.07) is 7.95. The van der Waals surface area contributed by atoms with Crippen LogP contribution in [0.25, 0.3) is 0 Å². The maximum atomic E-state index is 5.94. The molecule has 2 rings (SSSR count). The fourth-order valence-electron chi connectivity index (χ4n) is 2.03. The summed E-state index contributed by atoms with van der Waals surface area (Å²) >= 11 is 5.88. The molecule has 2 nitrogen and oxygen atoms in total. The van der Waals surface area contributed by atoms with Gasteiger partial charge >= 0.3 is 0 Å². The minimum absolute atomic E-state index is 0.164. The second kappa shape index (κ2) is 4.52. The third-order valence-corrected chi connectivity index (χ3v) is 3.26. The van der Waals surface area contributed by atoms with Gasteiger partial charge in [-0.05, 0) is 24.1 Å². The number of benzene rings is 1. The van der Waals surface area contributed by atoms with Crippen LogP contribution >= 0.6 is 11.6 Å². The molecule has 1 fully saturated rings. The smallest absolute Gasteiger partial charge is 0.105 e. The van der Waals surface area contributed by atoms with Gasteiger partial charge in [0.2, 0.25) is 0 Å². The van der Waals surface area contributed by atoms with Crippen molar-refractivity contribution >= 4 is 11.6 Å². The van der Waals surface area contributed by atoms with Crippen molar-refractivity contribution in [2.24, 2.45) is 0 Å². The topological polar surface area (TPSA) is 21.3 Å². The Labute approximate surface area is 95.6 Å². The Morgan fingerprint density at radius 2 is 2.13 bits per heavy atom. The molecule has 1 atom stereocenters. The van der Waals surface area contributed by atoms with Crippen LogP contribution in [-0.4, -0.2) is 19.7 Å². The van der Waals surface area contributed by atoms with E-state index >= 15 is 0 Å². The molecule has 1 aliphatic rings. The van der Waals surface area contributed by atoms with E-state index in [2.05, 4.69) is 24.4 Å². The van der Waals surface area contributed by atoms with Crippen molar-refractivity contribution in [1.29, 1.82) is 0 Å². The van der Waals surface area contributed by atoms with Crippen LogP contribution in [0.4, 0.5) is 0 Å². The van der Waals surface area contributed by atoms with Gasteiger partial charge in [-0.2, -0.15) is 0 Å². The molecule has 1 aromatic rings. The molecule has 0 bridgehead atoms. The first kappa shape index (κ1) is 10.9. The van der Waals surface area contributed by atoms with Gasteiger partial charge < -0.3 is 10.1 Å². The Hall–Kier alpha value is -0.570. The molecule has 1 heterocycles. The van der Waals surface area contributed by atoms with E-state index in [1.165, 1.54) is 5.56 Å². The molecule has 1 aliphatic heterocycles. The second-order valence-electron chi connectivity index (χ2n) is 3.88. The highest BCUT2D eigenvalue weighted by molar-refractivity contribution is 6.30. The molecule has 0 saturated carbocycles. The molecule has 1 aromatic carbocycles. The van der Waals surface area contributed by atoms with Crippen molar-refractivity contribution in [3.8, 4) is 0 Å². The maximum Gasteiger partial charge on any atom is 0.105 e. The van der Waals surface area contributed by atoms with Gasteiger partial charge in [-0.1, -0.05) is 30.7 Å². The summed E-state index contributed by atoms with van der Waals surface area (Å²) in [5.74, 6) is 0. The van der Waals surface area contributed by atoms with E-state index in [-0.39, 0.29) is 5.60 Å². The van der Waals surface area contributed by atoms with E-state index < -0.39 is 0 Å². The highest BCUT2D eigenvalue weighted by Crippen LogP contribution is 2.31. The second-order valence-corrected chi connectivity index (χ2v) is 4.32. The van der Waals surface area contributed by atoms with Gasteiger partial charge in [0, 0.05) is 18.1 Å². The van der Waals surface area contributed by atoms with Crippen molar-refractivity contribution in [2.45, 2.75) is 18.9 Å². The summed E-state index contributed by atoms with van der Waals surface area (Å²) in [5, 5.41) is 4.15. The SMILES string of the molecule is CCC1(c2ccc(Cl)cc2)CNCCO1. The molecule has 1 saturated heterocycles. The third-order valence-electron chi connectivity index (χ3n) is 3.01. The molecule has 0 spiro atoms. The molecule has 15 heavy (non-hydrogen) atoms. The lowest BCUT2D eigenvalue weighted by atomic mass is 9.90. The molecule has 0 aromatic heterocycles. The van der Waals surface area contributed by atoms with Gasteiger partial charge in [0.1, 0.15) is 5.60 Å². The number of ether oxygens (including phenoxy) is 1. The summed E-state index contributed by atoms with van der Waals surface area (Å²) in [4.78, 5) is 0. The molecule has 1 N–H and O–H groups in total. The summed E-state index contributed by atoms with van der Waals surface area (Å²) in [7, 11) is 0. The molecule has 0 aliphatic carbocycles. The number of hydrogen-bond acceptors (Lipinski definition) is 2. The van der Waals surface area contributed by atoms with Crippen LogP contribution in [0.1, 0.15) is 18.9 Å². The molecule has 0 radical (unpaired) electrons. The molecular formula is C12H16ClNO. The Morgan fingerprint density at radius 3 is 2.67 bits per heavy atom. The lowest BCUT2D eigenvalue weighted by Gasteiger charge is -2.37. The van der Waals surface area contributed by atoms with Gasteiger partial charge in [0.15, 0.2) is 0 Å². The Balaban J connectivity index is 2.28. The number of hydrogen-bond donors (Lipinski definition) is 1. The first-order chi connectivity index (χ1) is 7.27. The number of halogens is 1. The number of morpholine rings is 1. The summed E-state index contributed by atoms with van der Waals surface area (Å²) < 4.78 is 5.94. The summed E-state index contributed by atoms with van der Waals surface area (Å²) in [6.07, 6.45) is 0.974. The zero-order valence-corrected chi connectivity index (χ0v) is 9.68. The van der Waals surface area contributed by atoms with Crippen molar-refractivity contribution in [3.63, 3.8) is 0 Å². The van der Waals surface area contributed by atoms with Crippen LogP contribution in [0.2, 0.25) is 5.02 Å². The van der Waals surface area contributed by atoms with E-state index in [1.54, 1.807) is 0 Å². The molecule has 82 valence electrons. The average molecular weight is 226 g/mol. The van der Waals surface area contributed by atoms with E-state index in [9.17, 15) is 0 Å². The van der Waals surface area contributed by atoms with Gasteiger partial charge in [-0.25, -0.2) is 0 Å². The minimum atomic E-state index is -0.164.